The van der Waals surface area contributed by atoms with E-state index >= 15 is 0 Å². The predicted molar refractivity (Wildman–Crippen MR) is 79.1 cm³/mol. The fourth-order valence-corrected chi connectivity index (χ4v) is 2.78. The summed E-state index contributed by atoms with van der Waals surface area (Å²) in [6.45, 7) is 9.23. The van der Waals surface area contributed by atoms with E-state index in [0.29, 0.717) is 5.41 Å². The Labute approximate surface area is 112 Å². The molecular weight excluding hydrogens is 218 g/mol. The van der Waals surface area contributed by atoms with Crippen LogP contribution in [0.2, 0.25) is 0 Å². The third-order valence-electron chi connectivity index (χ3n) is 4.45. The summed E-state index contributed by atoms with van der Waals surface area (Å²) < 4.78 is 0. The summed E-state index contributed by atoms with van der Waals surface area (Å²) in [6.07, 6.45) is 5.20. The van der Waals surface area contributed by atoms with Crippen molar-refractivity contribution < 1.29 is 0 Å². The van der Waals surface area contributed by atoms with Crippen LogP contribution in [0.3, 0.4) is 0 Å². The van der Waals surface area contributed by atoms with Crippen LogP contribution in [0.15, 0.2) is 24.3 Å². The van der Waals surface area contributed by atoms with Crippen molar-refractivity contribution in [2.75, 3.05) is 13.1 Å². The van der Waals surface area contributed by atoms with Crippen molar-refractivity contribution in [1.82, 2.24) is 5.32 Å². The Bertz CT molecular complexity index is 381. The molecule has 0 radical (unpaired) electrons. The van der Waals surface area contributed by atoms with Gasteiger partial charge in [-0.15, -0.1) is 0 Å². The molecule has 1 aliphatic rings. The number of fused-ring (bicyclic) bond motifs is 1. The summed E-state index contributed by atoms with van der Waals surface area (Å²) in [7, 11) is 0. The summed E-state index contributed by atoms with van der Waals surface area (Å²) in [5.74, 6) is 0.725. The monoisotopic (exact) mass is 245 g/mol. The average molecular weight is 245 g/mol. The first-order chi connectivity index (χ1) is 8.62. The van der Waals surface area contributed by atoms with Crippen molar-refractivity contribution in [2.45, 2.75) is 52.4 Å². The lowest BCUT2D eigenvalue weighted by molar-refractivity contribution is 0.321. The number of hydrogen-bond donors (Lipinski definition) is 1. The van der Waals surface area contributed by atoms with E-state index in [1.54, 1.807) is 11.1 Å². The number of aryl methyl sites for hydroxylation is 1. The van der Waals surface area contributed by atoms with Crippen molar-refractivity contribution >= 4 is 0 Å². The van der Waals surface area contributed by atoms with E-state index in [4.69, 9.17) is 0 Å². The van der Waals surface area contributed by atoms with Gasteiger partial charge in [-0.2, -0.15) is 0 Å². The van der Waals surface area contributed by atoms with E-state index < -0.39 is 0 Å². The fraction of sp³-hybridized carbons (Fsp3) is 0.647. The van der Waals surface area contributed by atoms with Gasteiger partial charge in [0.05, 0.1) is 0 Å². The van der Waals surface area contributed by atoms with Crippen molar-refractivity contribution in [3.63, 3.8) is 0 Å². The van der Waals surface area contributed by atoms with Crippen LogP contribution in [0.4, 0.5) is 0 Å². The largest absolute Gasteiger partial charge is 0.316 e. The molecule has 0 saturated carbocycles. The minimum atomic E-state index is 0.425. The zero-order valence-corrected chi connectivity index (χ0v) is 12.1. The number of hydrogen-bond acceptors (Lipinski definition) is 1. The van der Waals surface area contributed by atoms with Crippen LogP contribution in [0, 0.1) is 5.41 Å². The Morgan fingerprint density at radius 1 is 1.28 bits per heavy atom. The highest BCUT2D eigenvalue weighted by Crippen LogP contribution is 2.31. The van der Waals surface area contributed by atoms with Gasteiger partial charge in [-0.3, -0.25) is 0 Å². The van der Waals surface area contributed by atoms with Gasteiger partial charge in [0.1, 0.15) is 0 Å². The van der Waals surface area contributed by atoms with E-state index in [1.165, 1.54) is 25.7 Å². The Kier molecular flexibility index (Phi) is 4.45. The second-order valence-corrected chi connectivity index (χ2v) is 6.44. The smallest absolute Gasteiger partial charge is 0.00204 e. The first-order valence-corrected chi connectivity index (χ1v) is 7.41. The van der Waals surface area contributed by atoms with Gasteiger partial charge in [0.15, 0.2) is 0 Å². The molecule has 0 saturated heterocycles. The topological polar surface area (TPSA) is 12.0 Å². The standard InChI is InChI=1S/C17H27N/c1-4-17(2,3)13-18-12-15-10-7-9-14-8-5-6-11-16(14)15/h5-6,8,11,15,18H,4,7,9-10,12-13H2,1-3H3. The molecule has 1 nitrogen and oxygen atoms in total. The minimum absolute atomic E-state index is 0.425. The summed E-state index contributed by atoms with van der Waals surface area (Å²) in [6, 6.07) is 8.99. The zero-order chi connectivity index (χ0) is 13.0. The molecule has 0 heterocycles. The van der Waals surface area contributed by atoms with Gasteiger partial charge in [-0.05, 0) is 48.1 Å². The van der Waals surface area contributed by atoms with Crippen LogP contribution >= 0.6 is 0 Å². The van der Waals surface area contributed by atoms with Gasteiger partial charge >= 0.3 is 0 Å². The third kappa shape index (κ3) is 3.35. The van der Waals surface area contributed by atoms with Gasteiger partial charge in [-0.25, -0.2) is 0 Å². The van der Waals surface area contributed by atoms with Crippen LogP contribution in [0.5, 0.6) is 0 Å². The molecule has 1 atom stereocenters. The first-order valence-electron chi connectivity index (χ1n) is 7.41. The molecule has 0 spiro atoms. The van der Waals surface area contributed by atoms with Crippen LogP contribution in [-0.2, 0) is 6.42 Å². The maximum atomic E-state index is 3.69. The zero-order valence-electron chi connectivity index (χ0n) is 12.1. The molecule has 2 rings (SSSR count). The highest BCUT2D eigenvalue weighted by molar-refractivity contribution is 5.32. The van der Waals surface area contributed by atoms with E-state index in [2.05, 4.69) is 50.4 Å². The number of rotatable bonds is 5. The highest BCUT2D eigenvalue weighted by Gasteiger charge is 2.20. The molecule has 0 amide bonds. The fourth-order valence-electron chi connectivity index (χ4n) is 2.78. The molecule has 1 N–H and O–H groups in total. The van der Waals surface area contributed by atoms with Gasteiger partial charge in [-0.1, -0.05) is 45.0 Å². The van der Waals surface area contributed by atoms with Crippen molar-refractivity contribution in [2.24, 2.45) is 5.41 Å². The molecule has 1 aliphatic carbocycles. The summed E-state index contributed by atoms with van der Waals surface area (Å²) >= 11 is 0. The molecule has 1 aromatic rings. The van der Waals surface area contributed by atoms with Gasteiger partial charge in [0.25, 0.3) is 0 Å². The molecule has 0 aromatic heterocycles. The molecule has 0 fully saturated rings. The van der Waals surface area contributed by atoms with Gasteiger partial charge in [0.2, 0.25) is 0 Å². The van der Waals surface area contributed by atoms with Crippen molar-refractivity contribution in [1.29, 1.82) is 0 Å². The van der Waals surface area contributed by atoms with E-state index in [1.807, 2.05) is 0 Å². The lowest BCUT2D eigenvalue weighted by atomic mass is 9.82. The second kappa shape index (κ2) is 5.88. The predicted octanol–water partition coefficient (Wildman–Crippen LogP) is 4.13. The van der Waals surface area contributed by atoms with E-state index in [-0.39, 0.29) is 0 Å². The number of benzene rings is 1. The molecule has 1 aromatic carbocycles. The molecule has 1 unspecified atom stereocenters. The van der Waals surface area contributed by atoms with Crippen LogP contribution < -0.4 is 5.32 Å². The first kappa shape index (κ1) is 13.6. The SMILES string of the molecule is CCC(C)(C)CNCC1CCCc2ccccc21. The minimum Gasteiger partial charge on any atom is -0.316 e. The van der Waals surface area contributed by atoms with Crippen LogP contribution in [0.1, 0.15) is 57.1 Å². The molecule has 1 heteroatoms. The van der Waals surface area contributed by atoms with Crippen molar-refractivity contribution in [3.8, 4) is 0 Å². The Morgan fingerprint density at radius 2 is 2.06 bits per heavy atom. The van der Waals surface area contributed by atoms with E-state index in [0.717, 1.165) is 19.0 Å². The maximum absolute atomic E-state index is 3.69. The van der Waals surface area contributed by atoms with Crippen LogP contribution in [-0.4, -0.2) is 13.1 Å². The maximum Gasteiger partial charge on any atom is 0.00204 e. The lowest BCUT2D eigenvalue weighted by Crippen LogP contribution is -2.32. The molecule has 0 bridgehead atoms. The Hall–Kier alpha value is -0.820. The highest BCUT2D eigenvalue weighted by atomic mass is 14.9. The summed E-state index contributed by atoms with van der Waals surface area (Å²) in [4.78, 5) is 0. The quantitative estimate of drug-likeness (QED) is 0.822. The van der Waals surface area contributed by atoms with Gasteiger partial charge < -0.3 is 5.32 Å². The number of nitrogens with one attached hydrogen (secondary N) is 1. The molecule has 100 valence electrons. The molecule has 18 heavy (non-hydrogen) atoms. The summed E-state index contributed by atoms with van der Waals surface area (Å²) in [5.41, 5.74) is 3.59. The Balaban J connectivity index is 1.92. The average Bonchev–Trinajstić information content (AvgIpc) is 2.39. The van der Waals surface area contributed by atoms with E-state index in [9.17, 15) is 0 Å². The summed E-state index contributed by atoms with van der Waals surface area (Å²) in [5, 5.41) is 3.69. The molecule has 0 aliphatic heterocycles. The lowest BCUT2D eigenvalue weighted by Gasteiger charge is -2.28. The Morgan fingerprint density at radius 3 is 2.83 bits per heavy atom. The normalized spacial score (nSPS) is 19.6. The van der Waals surface area contributed by atoms with Crippen LogP contribution in [0.25, 0.3) is 0 Å². The molecular formula is C17H27N. The van der Waals surface area contributed by atoms with Crippen molar-refractivity contribution in [3.05, 3.63) is 35.4 Å². The van der Waals surface area contributed by atoms with Gasteiger partial charge in [0, 0.05) is 13.1 Å². The second-order valence-electron chi connectivity index (χ2n) is 6.44. The third-order valence-corrected chi connectivity index (χ3v) is 4.45.